The van der Waals surface area contributed by atoms with Gasteiger partial charge in [0.1, 0.15) is 5.60 Å². The number of carbonyl (C=O) groups excluding carboxylic acids is 1. The lowest BCUT2D eigenvalue weighted by Crippen LogP contribution is -2.52. The van der Waals surface area contributed by atoms with E-state index in [1.165, 1.54) is 4.90 Å². The van der Waals surface area contributed by atoms with Crippen molar-refractivity contribution in [3.8, 4) is 0 Å². The van der Waals surface area contributed by atoms with E-state index in [4.69, 9.17) is 4.74 Å². The molecule has 2 atom stereocenters. The van der Waals surface area contributed by atoms with Crippen LogP contribution in [0.5, 0.6) is 0 Å². The first-order valence-corrected chi connectivity index (χ1v) is 6.10. The van der Waals surface area contributed by atoms with Gasteiger partial charge < -0.3 is 19.8 Å². The van der Waals surface area contributed by atoms with Gasteiger partial charge in [0.25, 0.3) is 0 Å². The Morgan fingerprint density at radius 2 is 2.00 bits per heavy atom. The first kappa shape index (κ1) is 14.3. The smallest absolute Gasteiger partial charge is 0.410 e. The molecule has 0 bridgehead atoms. The number of amides is 1. The van der Waals surface area contributed by atoms with Gasteiger partial charge >= 0.3 is 6.09 Å². The number of hydrogen-bond acceptors (Lipinski definition) is 4. The molecule has 0 saturated carbocycles. The third-order valence-corrected chi connectivity index (χ3v) is 2.97. The molecule has 0 radical (unpaired) electrons. The van der Waals surface area contributed by atoms with Gasteiger partial charge in [-0.15, -0.1) is 0 Å². The van der Waals surface area contributed by atoms with E-state index in [-0.39, 0.29) is 25.2 Å². The summed E-state index contributed by atoms with van der Waals surface area (Å²) in [6.07, 6.45) is 1.26. The van der Waals surface area contributed by atoms with Gasteiger partial charge in [-0.05, 0) is 33.6 Å². The average Bonchev–Trinajstić information content (AvgIpc) is 2.25. The standard InChI is InChI=1S/C12H23NO4/c1-12(2,3)17-11(16)13-6-4-5-9(7-14)10(13)8-15/h9-10,14-15H,4-8H2,1-3H3/t9-,10-/m0/s1. The zero-order valence-corrected chi connectivity index (χ0v) is 10.8. The monoisotopic (exact) mass is 245 g/mol. The highest BCUT2D eigenvalue weighted by atomic mass is 16.6. The number of carbonyl (C=O) groups is 1. The SMILES string of the molecule is CC(C)(C)OC(=O)N1CCC[C@@H](CO)[C@@H]1CO. The topological polar surface area (TPSA) is 70.0 Å². The predicted octanol–water partition coefficient (Wildman–Crippen LogP) is 0.987. The molecule has 0 spiro atoms. The molecule has 5 heteroatoms. The van der Waals surface area contributed by atoms with Gasteiger partial charge in [-0.1, -0.05) is 0 Å². The molecule has 0 aromatic carbocycles. The minimum atomic E-state index is -0.538. The van der Waals surface area contributed by atoms with Crippen molar-refractivity contribution in [1.29, 1.82) is 0 Å². The average molecular weight is 245 g/mol. The van der Waals surface area contributed by atoms with E-state index >= 15 is 0 Å². The summed E-state index contributed by atoms with van der Waals surface area (Å²) in [5.41, 5.74) is -0.538. The zero-order valence-electron chi connectivity index (χ0n) is 10.8. The Labute approximate surface area is 102 Å². The van der Waals surface area contributed by atoms with Crippen LogP contribution >= 0.6 is 0 Å². The molecule has 1 aliphatic heterocycles. The van der Waals surface area contributed by atoms with E-state index in [1.807, 2.05) is 20.8 Å². The molecule has 0 aromatic heterocycles. The molecule has 1 saturated heterocycles. The second-order valence-corrected chi connectivity index (χ2v) is 5.51. The number of rotatable bonds is 2. The molecule has 0 aromatic rings. The summed E-state index contributed by atoms with van der Waals surface area (Å²) >= 11 is 0. The number of nitrogens with zero attached hydrogens (tertiary/aromatic N) is 1. The van der Waals surface area contributed by atoms with Crippen molar-refractivity contribution in [3.05, 3.63) is 0 Å². The van der Waals surface area contributed by atoms with Gasteiger partial charge in [0.15, 0.2) is 0 Å². The zero-order chi connectivity index (χ0) is 13.1. The van der Waals surface area contributed by atoms with Gasteiger partial charge in [-0.2, -0.15) is 0 Å². The fraction of sp³-hybridized carbons (Fsp3) is 0.917. The highest BCUT2D eigenvalue weighted by Gasteiger charge is 2.35. The van der Waals surface area contributed by atoms with Crippen molar-refractivity contribution < 1.29 is 19.7 Å². The van der Waals surface area contributed by atoms with E-state index in [2.05, 4.69) is 0 Å². The minimum Gasteiger partial charge on any atom is -0.444 e. The third kappa shape index (κ3) is 3.85. The molecule has 0 aliphatic carbocycles. The number of aliphatic hydroxyl groups excluding tert-OH is 2. The van der Waals surface area contributed by atoms with Crippen LogP contribution in [0.4, 0.5) is 4.79 Å². The van der Waals surface area contributed by atoms with Gasteiger partial charge in [0, 0.05) is 19.1 Å². The second-order valence-electron chi connectivity index (χ2n) is 5.51. The molecule has 1 rings (SSSR count). The Kier molecular flexibility index (Phi) is 4.77. The van der Waals surface area contributed by atoms with Crippen LogP contribution in [0.2, 0.25) is 0 Å². The molecule has 1 fully saturated rings. The summed E-state index contributed by atoms with van der Waals surface area (Å²) in [5, 5.41) is 18.6. The first-order valence-electron chi connectivity index (χ1n) is 6.10. The molecule has 1 amide bonds. The van der Waals surface area contributed by atoms with Crippen molar-refractivity contribution in [1.82, 2.24) is 4.90 Å². The van der Waals surface area contributed by atoms with Crippen LogP contribution in [-0.4, -0.2) is 52.6 Å². The van der Waals surface area contributed by atoms with E-state index in [9.17, 15) is 15.0 Å². The molecule has 17 heavy (non-hydrogen) atoms. The summed E-state index contributed by atoms with van der Waals surface area (Å²) in [6, 6.07) is -0.330. The van der Waals surface area contributed by atoms with Gasteiger partial charge in [0.05, 0.1) is 12.6 Å². The maximum Gasteiger partial charge on any atom is 0.410 e. The minimum absolute atomic E-state index is 0.00940. The van der Waals surface area contributed by atoms with Gasteiger partial charge in [0.2, 0.25) is 0 Å². The van der Waals surface area contributed by atoms with Gasteiger partial charge in [-0.3, -0.25) is 0 Å². The molecule has 2 N–H and O–H groups in total. The number of likely N-dealkylation sites (tertiary alicyclic amines) is 1. The maximum atomic E-state index is 12.0. The van der Waals surface area contributed by atoms with Crippen molar-refractivity contribution in [2.45, 2.75) is 45.3 Å². The normalized spacial score (nSPS) is 25.8. The Hall–Kier alpha value is -0.810. The largest absolute Gasteiger partial charge is 0.444 e. The Balaban J connectivity index is 2.70. The van der Waals surface area contributed by atoms with Crippen molar-refractivity contribution >= 4 is 6.09 Å². The first-order chi connectivity index (χ1) is 7.89. The lowest BCUT2D eigenvalue weighted by Gasteiger charge is -2.40. The van der Waals surface area contributed by atoms with Crippen LogP contribution < -0.4 is 0 Å². The van der Waals surface area contributed by atoms with Crippen LogP contribution in [0.3, 0.4) is 0 Å². The molecule has 5 nitrogen and oxygen atoms in total. The predicted molar refractivity (Wildman–Crippen MR) is 63.6 cm³/mol. The Bertz CT molecular complexity index is 262. The highest BCUT2D eigenvalue weighted by Crippen LogP contribution is 2.25. The Morgan fingerprint density at radius 3 is 2.47 bits per heavy atom. The quantitative estimate of drug-likeness (QED) is 0.761. The molecular weight excluding hydrogens is 222 g/mol. The summed E-state index contributed by atoms with van der Waals surface area (Å²) in [5.74, 6) is -0.0544. The van der Waals surface area contributed by atoms with E-state index in [0.717, 1.165) is 12.8 Å². The molecule has 1 aliphatic rings. The molecular formula is C12H23NO4. The number of hydrogen-bond donors (Lipinski definition) is 2. The van der Waals surface area contributed by atoms with Crippen LogP contribution in [-0.2, 0) is 4.74 Å². The molecule has 100 valence electrons. The summed E-state index contributed by atoms with van der Waals surface area (Å²) in [7, 11) is 0. The van der Waals surface area contributed by atoms with Crippen LogP contribution in [0.25, 0.3) is 0 Å². The lowest BCUT2D eigenvalue weighted by molar-refractivity contribution is -0.0189. The number of piperidine rings is 1. The van der Waals surface area contributed by atoms with Crippen LogP contribution in [0.1, 0.15) is 33.6 Å². The lowest BCUT2D eigenvalue weighted by atomic mass is 9.90. The fourth-order valence-electron chi connectivity index (χ4n) is 2.14. The van der Waals surface area contributed by atoms with E-state index in [0.29, 0.717) is 6.54 Å². The van der Waals surface area contributed by atoms with Crippen molar-refractivity contribution in [2.24, 2.45) is 5.92 Å². The number of ether oxygens (including phenoxy) is 1. The number of aliphatic hydroxyl groups is 2. The molecule has 0 unspecified atom stereocenters. The van der Waals surface area contributed by atoms with Crippen LogP contribution in [0, 0.1) is 5.92 Å². The third-order valence-electron chi connectivity index (χ3n) is 2.97. The Morgan fingerprint density at radius 1 is 1.35 bits per heavy atom. The van der Waals surface area contributed by atoms with Crippen molar-refractivity contribution in [2.75, 3.05) is 19.8 Å². The maximum absolute atomic E-state index is 12.0. The highest BCUT2D eigenvalue weighted by molar-refractivity contribution is 5.68. The second kappa shape index (κ2) is 5.69. The summed E-state index contributed by atoms with van der Waals surface area (Å²) in [4.78, 5) is 13.5. The van der Waals surface area contributed by atoms with Crippen molar-refractivity contribution in [3.63, 3.8) is 0 Å². The fourth-order valence-corrected chi connectivity index (χ4v) is 2.14. The molecule has 1 heterocycles. The summed E-state index contributed by atoms with van der Waals surface area (Å²) < 4.78 is 5.30. The van der Waals surface area contributed by atoms with E-state index in [1.54, 1.807) is 0 Å². The summed E-state index contributed by atoms with van der Waals surface area (Å²) in [6.45, 7) is 5.87. The van der Waals surface area contributed by atoms with Gasteiger partial charge in [-0.25, -0.2) is 4.79 Å². The van der Waals surface area contributed by atoms with E-state index < -0.39 is 11.7 Å². The van der Waals surface area contributed by atoms with Crippen LogP contribution in [0.15, 0.2) is 0 Å².